The van der Waals surface area contributed by atoms with Crippen molar-refractivity contribution in [2.45, 2.75) is 4.90 Å². The van der Waals surface area contributed by atoms with Crippen LogP contribution in [0.15, 0.2) is 53.4 Å². The second-order valence-electron chi connectivity index (χ2n) is 4.79. The van der Waals surface area contributed by atoms with Crippen LogP contribution in [0.3, 0.4) is 0 Å². The Hall–Kier alpha value is -2.40. The van der Waals surface area contributed by atoms with Gasteiger partial charge in [0.1, 0.15) is 4.90 Å². The second-order valence-corrected chi connectivity index (χ2v) is 6.44. The number of amides is 1. The van der Waals surface area contributed by atoms with E-state index in [1.165, 1.54) is 6.07 Å². The summed E-state index contributed by atoms with van der Waals surface area (Å²) < 4.78 is 25.7. The van der Waals surface area contributed by atoms with Crippen LogP contribution in [0.5, 0.6) is 0 Å². The lowest BCUT2D eigenvalue weighted by molar-refractivity contribution is 0.0986. The average molecular weight is 283 g/mol. The van der Waals surface area contributed by atoms with Gasteiger partial charge in [-0.1, -0.05) is 30.3 Å². The van der Waals surface area contributed by atoms with Gasteiger partial charge in [-0.05, 0) is 39.7 Å². The zero-order valence-corrected chi connectivity index (χ0v) is 11.1. The Balaban J connectivity index is 2.22. The van der Waals surface area contributed by atoms with Crippen LogP contribution in [0.1, 0.15) is 10.4 Å². The molecule has 1 aliphatic rings. The Morgan fingerprint density at radius 2 is 1.55 bits per heavy atom. The molecule has 0 bridgehead atoms. The lowest BCUT2D eigenvalue weighted by Crippen LogP contribution is -2.20. The van der Waals surface area contributed by atoms with Crippen molar-refractivity contribution in [1.82, 2.24) is 4.72 Å². The molecule has 1 heterocycles. The van der Waals surface area contributed by atoms with Crippen LogP contribution >= 0.6 is 0 Å². The second kappa shape index (κ2) is 3.58. The Labute approximate surface area is 115 Å². The number of nitrogens with one attached hydrogen (secondary N) is 1. The molecule has 3 aromatic rings. The summed E-state index contributed by atoms with van der Waals surface area (Å²) in [5, 5.41) is 3.56. The molecule has 0 unspecified atom stereocenters. The van der Waals surface area contributed by atoms with E-state index in [1.54, 1.807) is 6.07 Å². The summed E-state index contributed by atoms with van der Waals surface area (Å²) in [5.41, 5.74) is 0.244. The van der Waals surface area contributed by atoms with Gasteiger partial charge in [0.15, 0.2) is 0 Å². The van der Waals surface area contributed by atoms with Crippen LogP contribution in [0.2, 0.25) is 0 Å². The van der Waals surface area contributed by atoms with Crippen molar-refractivity contribution in [3.05, 3.63) is 54.1 Å². The number of benzene rings is 3. The van der Waals surface area contributed by atoms with Crippen LogP contribution in [-0.4, -0.2) is 14.3 Å². The SMILES string of the molecule is O=C1NS(=O)(=O)c2ccc3cc4ccccc4cc3c21. The van der Waals surface area contributed by atoms with Crippen molar-refractivity contribution < 1.29 is 13.2 Å². The Kier molecular flexibility index (Phi) is 2.04. The van der Waals surface area contributed by atoms with Crippen LogP contribution in [0.25, 0.3) is 21.5 Å². The third kappa shape index (κ3) is 1.41. The van der Waals surface area contributed by atoms with Gasteiger partial charge in [-0.2, -0.15) is 0 Å². The molecule has 1 aliphatic heterocycles. The van der Waals surface area contributed by atoms with Crippen LogP contribution in [0.4, 0.5) is 0 Å². The first-order valence-corrected chi connectivity index (χ1v) is 7.57. The van der Waals surface area contributed by atoms with E-state index in [9.17, 15) is 13.2 Å². The highest BCUT2D eigenvalue weighted by Crippen LogP contribution is 2.32. The van der Waals surface area contributed by atoms with Gasteiger partial charge < -0.3 is 0 Å². The van der Waals surface area contributed by atoms with Crippen molar-refractivity contribution in [2.24, 2.45) is 0 Å². The fraction of sp³-hybridized carbons (Fsp3) is 0. The molecule has 20 heavy (non-hydrogen) atoms. The van der Waals surface area contributed by atoms with Crippen LogP contribution < -0.4 is 4.72 Å². The third-order valence-electron chi connectivity index (χ3n) is 3.59. The summed E-state index contributed by atoms with van der Waals surface area (Å²) in [4.78, 5) is 12.0. The van der Waals surface area contributed by atoms with E-state index in [1.807, 2.05) is 41.1 Å². The average Bonchev–Trinajstić information content (AvgIpc) is 2.66. The van der Waals surface area contributed by atoms with Crippen LogP contribution in [0, 0.1) is 0 Å². The van der Waals surface area contributed by atoms with E-state index in [0.717, 1.165) is 16.2 Å². The molecule has 0 aromatic heterocycles. The number of rotatable bonds is 0. The highest BCUT2D eigenvalue weighted by molar-refractivity contribution is 7.90. The molecule has 0 radical (unpaired) electrons. The monoisotopic (exact) mass is 283 g/mol. The van der Waals surface area contributed by atoms with Gasteiger partial charge in [0, 0.05) is 0 Å². The molecule has 1 amide bonds. The largest absolute Gasteiger partial charge is 0.268 e. The van der Waals surface area contributed by atoms with Crippen LogP contribution in [-0.2, 0) is 10.0 Å². The van der Waals surface area contributed by atoms with Crippen molar-refractivity contribution in [1.29, 1.82) is 0 Å². The molecule has 0 atom stereocenters. The number of carbonyl (C=O) groups excluding carboxylic acids is 1. The summed E-state index contributed by atoms with van der Waals surface area (Å²) in [6.07, 6.45) is 0. The van der Waals surface area contributed by atoms with Gasteiger partial charge in [0.05, 0.1) is 5.56 Å². The van der Waals surface area contributed by atoms with Gasteiger partial charge in [-0.3, -0.25) is 4.79 Å². The summed E-state index contributed by atoms with van der Waals surface area (Å²) in [6.45, 7) is 0. The van der Waals surface area contributed by atoms with Gasteiger partial charge in [-0.25, -0.2) is 13.1 Å². The molecule has 98 valence electrons. The maximum Gasteiger partial charge on any atom is 0.267 e. The lowest BCUT2D eigenvalue weighted by Gasteiger charge is -2.05. The molecule has 0 saturated carbocycles. The minimum absolute atomic E-state index is 0.0604. The lowest BCUT2D eigenvalue weighted by atomic mass is 9.99. The number of fused-ring (bicyclic) bond motifs is 4. The fourth-order valence-corrected chi connectivity index (χ4v) is 3.85. The first kappa shape index (κ1) is 11.4. The number of sulfonamides is 1. The fourth-order valence-electron chi connectivity index (χ4n) is 2.68. The van der Waals surface area contributed by atoms with Gasteiger partial charge in [0.2, 0.25) is 0 Å². The molecule has 0 spiro atoms. The van der Waals surface area contributed by atoms with Crippen molar-refractivity contribution in [2.75, 3.05) is 0 Å². The van der Waals surface area contributed by atoms with Crippen molar-refractivity contribution >= 4 is 37.5 Å². The standard InChI is InChI=1S/C15H9NO3S/c17-15-14-12-8-10-4-2-1-3-9(10)7-11(12)5-6-13(14)20(18,19)16-15/h1-8H,(H,16,17). The first-order chi connectivity index (χ1) is 9.56. The topological polar surface area (TPSA) is 63.2 Å². The molecule has 4 rings (SSSR count). The predicted molar refractivity (Wildman–Crippen MR) is 76.1 cm³/mol. The molecule has 0 fully saturated rings. The van der Waals surface area contributed by atoms with Gasteiger partial charge in [0.25, 0.3) is 15.9 Å². The number of carbonyl (C=O) groups is 1. The Bertz CT molecular complexity index is 1010. The Morgan fingerprint density at radius 1 is 0.850 bits per heavy atom. The summed E-state index contributed by atoms with van der Waals surface area (Å²) in [6, 6.07) is 14.8. The van der Waals surface area contributed by atoms with Gasteiger partial charge in [-0.15, -0.1) is 0 Å². The normalized spacial score (nSPS) is 16.3. The summed E-state index contributed by atoms with van der Waals surface area (Å²) >= 11 is 0. The molecular weight excluding hydrogens is 274 g/mol. The molecule has 4 nitrogen and oxygen atoms in total. The van der Waals surface area contributed by atoms with E-state index < -0.39 is 15.9 Å². The minimum Gasteiger partial charge on any atom is -0.268 e. The smallest absolute Gasteiger partial charge is 0.267 e. The summed E-state index contributed by atoms with van der Waals surface area (Å²) in [7, 11) is -3.70. The number of hydrogen-bond donors (Lipinski definition) is 1. The highest BCUT2D eigenvalue weighted by Gasteiger charge is 2.33. The Morgan fingerprint density at radius 3 is 2.30 bits per heavy atom. The highest BCUT2D eigenvalue weighted by atomic mass is 32.2. The van der Waals surface area contributed by atoms with Crippen molar-refractivity contribution in [3.63, 3.8) is 0 Å². The maximum absolute atomic E-state index is 11.9. The zero-order valence-electron chi connectivity index (χ0n) is 10.3. The quantitative estimate of drug-likeness (QED) is 0.644. The minimum atomic E-state index is -3.70. The van der Waals surface area contributed by atoms with Crippen molar-refractivity contribution in [3.8, 4) is 0 Å². The molecule has 0 aliphatic carbocycles. The third-order valence-corrected chi connectivity index (χ3v) is 4.96. The first-order valence-electron chi connectivity index (χ1n) is 6.09. The molecule has 5 heteroatoms. The van der Waals surface area contributed by atoms with E-state index in [0.29, 0.717) is 5.39 Å². The zero-order chi connectivity index (χ0) is 13.9. The summed E-state index contributed by atoms with van der Waals surface area (Å²) in [5.74, 6) is -0.555. The molecule has 3 aromatic carbocycles. The number of hydrogen-bond acceptors (Lipinski definition) is 3. The van der Waals surface area contributed by atoms with E-state index in [4.69, 9.17) is 0 Å². The van der Waals surface area contributed by atoms with E-state index in [-0.39, 0.29) is 10.5 Å². The molecule has 1 N–H and O–H groups in total. The predicted octanol–water partition coefficient (Wildman–Crippen LogP) is 2.43. The van der Waals surface area contributed by atoms with Gasteiger partial charge >= 0.3 is 0 Å². The molecule has 0 saturated heterocycles. The van der Waals surface area contributed by atoms with E-state index in [2.05, 4.69) is 0 Å². The molecular formula is C15H9NO3S. The van der Waals surface area contributed by atoms with E-state index >= 15 is 0 Å². The maximum atomic E-state index is 11.9.